The number of hydrogen-bond donors (Lipinski definition) is 2. The van der Waals surface area contributed by atoms with Crippen molar-refractivity contribution < 1.29 is 5.11 Å². The molecule has 9 nitrogen and oxygen atoms in total. The third-order valence-corrected chi connectivity index (χ3v) is 9.30. The van der Waals surface area contributed by atoms with Crippen LogP contribution in [0, 0.1) is 5.41 Å². The summed E-state index contributed by atoms with van der Waals surface area (Å²) < 4.78 is 1.38. The molecule has 1 fully saturated rings. The van der Waals surface area contributed by atoms with Gasteiger partial charge in [0.2, 0.25) is 0 Å². The first-order valence-electron chi connectivity index (χ1n) is 12.8. The average molecular weight is 552 g/mol. The van der Waals surface area contributed by atoms with Crippen molar-refractivity contribution in [3.05, 3.63) is 57.5 Å². The van der Waals surface area contributed by atoms with E-state index in [4.69, 9.17) is 17.3 Å². The summed E-state index contributed by atoms with van der Waals surface area (Å²) in [6.07, 6.45) is 11.0. The van der Waals surface area contributed by atoms with Gasteiger partial charge in [0.15, 0.2) is 0 Å². The molecule has 1 atom stereocenters. The smallest absolute Gasteiger partial charge is 0.262 e. The van der Waals surface area contributed by atoms with Crippen LogP contribution in [0.15, 0.2) is 61.8 Å². The van der Waals surface area contributed by atoms with Crippen LogP contribution in [0.2, 0.25) is 5.02 Å². The first-order chi connectivity index (χ1) is 18.1. The van der Waals surface area contributed by atoms with Gasteiger partial charge in [-0.3, -0.25) is 14.4 Å². The molecule has 3 aromatic rings. The van der Waals surface area contributed by atoms with E-state index in [1.54, 1.807) is 32.3 Å². The van der Waals surface area contributed by atoms with E-state index >= 15 is 0 Å². The molecule has 6 rings (SSSR count). The Balaban J connectivity index is 1.16. The van der Waals surface area contributed by atoms with Gasteiger partial charge in [0.1, 0.15) is 10.8 Å². The molecule has 1 aromatic carbocycles. The maximum absolute atomic E-state index is 13.1. The number of aliphatic imine (C=N–C) groups is 1. The number of fused-ring (bicyclic) bond motifs is 1. The highest BCUT2D eigenvalue weighted by Crippen LogP contribution is 2.50. The van der Waals surface area contributed by atoms with Crippen LogP contribution in [0.5, 0.6) is 0 Å². The van der Waals surface area contributed by atoms with E-state index in [2.05, 4.69) is 24.8 Å². The van der Waals surface area contributed by atoms with Crippen molar-refractivity contribution in [1.29, 1.82) is 0 Å². The summed E-state index contributed by atoms with van der Waals surface area (Å²) >= 11 is 8.04. The Morgan fingerprint density at radius 2 is 2.00 bits per heavy atom. The van der Waals surface area contributed by atoms with Crippen LogP contribution >= 0.6 is 23.4 Å². The van der Waals surface area contributed by atoms with Gasteiger partial charge in [0.05, 0.1) is 58.5 Å². The minimum absolute atomic E-state index is 0.0319. The predicted molar refractivity (Wildman–Crippen MR) is 150 cm³/mol. The first kappa shape index (κ1) is 25.5. The van der Waals surface area contributed by atoms with E-state index in [-0.39, 0.29) is 23.6 Å². The van der Waals surface area contributed by atoms with Gasteiger partial charge in [-0.2, -0.15) is 0 Å². The second-order valence-corrected chi connectivity index (χ2v) is 12.5. The van der Waals surface area contributed by atoms with Crippen LogP contribution in [-0.2, 0) is 6.54 Å². The zero-order valence-corrected chi connectivity index (χ0v) is 23.0. The lowest BCUT2D eigenvalue weighted by Crippen LogP contribution is -2.48. The van der Waals surface area contributed by atoms with E-state index < -0.39 is 5.60 Å². The number of nitrogens with zero attached hydrogens (tertiary/aromatic N) is 6. The maximum atomic E-state index is 13.1. The summed E-state index contributed by atoms with van der Waals surface area (Å²) in [6.45, 7) is 5.18. The molecule has 0 radical (unpaired) electrons. The second kappa shape index (κ2) is 9.44. The normalized spacial score (nSPS) is 20.7. The molecule has 0 amide bonds. The topological polar surface area (TPSA) is 123 Å². The number of hydrogen-bond acceptors (Lipinski definition) is 9. The summed E-state index contributed by atoms with van der Waals surface area (Å²) in [5.41, 5.74) is 8.46. The zero-order valence-electron chi connectivity index (χ0n) is 21.4. The minimum atomic E-state index is -1.06. The van der Waals surface area contributed by atoms with Crippen molar-refractivity contribution in [3.63, 3.8) is 0 Å². The van der Waals surface area contributed by atoms with Crippen molar-refractivity contribution in [3.8, 4) is 0 Å². The van der Waals surface area contributed by atoms with Crippen LogP contribution in [0.25, 0.3) is 10.9 Å². The van der Waals surface area contributed by atoms with E-state index in [1.807, 2.05) is 12.3 Å². The lowest BCUT2D eigenvalue weighted by Gasteiger charge is -2.43. The molecule has 2 aliphatic heterocycles. The van der Waals surface area contributed by atoms with Crippen molar-refractivity contribution in [1.82, 2.24) is 19.5 Å². The molecule has 0 unspecified atom stereocenters. The van der Waals surface area contributed by atoms with Gasteiger partial charge in [0.25, 0.3) is 5.56 Å². The molecule has 2 aromatic heterocycles. The fourth-order valence-electron chi connectivity index (χ4n) is 5.84. The van der Waals surface area contributed by atoms with Crippen LogP contribution in [-0.4, -0.2) is 55.6 Å². The quantitative estimate of drug-likeness (QED) is 0.491. The Bertz CT molecular complexity index is 1520. The summed E-state index contributed by atoms with van der Waals surface area (Å²) in [5, 5.41) is 11.5. The number of aromatic nitrogens is 4. The number of anilines is 1. The van der Waals surface area contributed by atoms with Crippen LogP contribution in [0.3, 0.4) is 0 Å². The van der Waals surface area contributed by atoms with Gasteiger partial charge in [-0.15, -0.1) is 0 Å². The monoisotopic (exact) mass is 551 g/mol. The molecule has 3 aliphatic rings. The summed E-state index contributed by atoms with van der Waals surface area (Å²) in [6, 6.07) is 3.64. The van der Waals surface area contributed by atoms with E-state index in [0.717, 1.165) is 50.3 Å². The van der Waals surface area contributed by atoms with Gasteiger partial charge in [-0.25, -0.2) is 15.0 Å². The standard InChI is InChI=1S/C27H30ClN7O2S/c1-26(2,37)14-35-15-33-17-3-4-18(22(28)21(17)25(35)36)38-20-13-31-19(12-32-20)34-9-6-27(7-10-34)11-16-5-8-30-23(16)24(27)29/h3-4,8,12-13,15,24,37H,5-7,9-11,14,29H2,1-2H3/t24-/m0/s1. The van der Waals surface area contributed by atoms with Gasteiger partial charge in [0, 0.05) is 30.6 Å². The maximum Gasteiger partial charge on any atom is 0.262 e. The van der Waals surface area contributed by atoms with Gasteiger partial charge >= 0.3 is 0 Å². The summed E-state index contributed by atoms with van der Waals surface area (Å²) in [5.74, 6) is 0.845. The highest BCUT2D eigenvalue weighted by atomic mass is 35.5. The summed E-state index contributed by atoms with van der Waals surface area (Å²) in [4.78, 5) is 34.3. The molecule has 198 valence electrons. The number of piperidine rings is 1. The predicted octanol–water partition coefficient (Wildman–Crippen LogP) is 3.81. The van der Waals surface area contributed by atoms with E-state index in [9.17, 15) is 9.90 Å². The Kier molecular flexibility index (Phi) is 6.33. The average Bonchev–Trinajstić information content (AvgIpc) is 3.43. The molecule has 4 heterocycles. The molecule has 38 heavy (non-hydrogen) atoms. The minimum Gasteiger partial charge on any atom is -0.389 e. The van der Waals surface area contributed by atoms with E-state index in [0.29, 0.717) is 25.8 Å². The molecular formula is C27H30ClN7O2S. The van der Waals surface area contributed by atoms with Crippen molar-refractivity contribution in [2.45, 2.75) is 67.6 Å². The lowest BCUT2D eigenvalue weighted by atomic mass is 9.72. The molecule has 0 bridgehead atoms. The van der Waals surface area contributed by atoms with Crippen molar-refractivity contribution >= 4 is 46.3 Å². The van der Waals surface area contributed by atoms with Gasteiger partial charge in [-0.05, 0) is 56.2 Å². The Morgan fingerprint density at radius 3 is 2.68 bits per heavy atom. The van der Waals surface area contributed by atoms with Crippen LogP contribution in [0.1, 0.15) is 39.5 Å². The third kappa shape index (κ3) is 4.53. The summed E-state index contributed by atoms with van der Waals surface area (Å²) in [7, 11) is 0. The highest BCUT2D eigenvalue weighted by Gasteiger charge is 2.48. The number of benzene rings is 1. The number of rotatable bonds is 5. The largest absolute Gasteiger partial charge is 0.389 e. The number of aliphatic hydroxyl groups is 1. The van der Waals surface area contributed by atoms with E-state index in [1.165, 1.54) is 28.2 Å². The SMILES string of the molecule is CC(C)(O)Cn1cnc2ccc(Sc3cnc(N4CCC5(CC4)CC4=C(N=CC4)[C@@H]5N)cn3)c(Cl)c2c1=O. The third-order valence-electron chi connectivity index (χ3n) is 7.82. The Morgan fingerprint density at radius 1 is 1.21 bits per heavy atom. The number of halogens is 1. The van der Waals surface area contributed by atoms with Gasteiger partial charge in [-0.1, -0.05) is 23.4 Å². The van der Waals surface area contributed by atoms with Crippen LogP contribution in [0.4, 0.5) is 5.82 Å². The van der Waals surface area contributed by atoms with Crippen molar-refractivity contribution in [2.24, 2.45) is 16.1 Å². The zero-order chi connectivity index (χ0) is 26.7. The van der Waals surface area contributed by atoms with Gasteiger partial charge < -0.3 is 15.7 Å². The molecule has 1 aliphatic carbocycles. The molecule has 11 heteroatoms. The highest BCUT2D eigenvalue weighted by molar-refractivity contribution is 7.99. The second-order valence-electron chi connectivity index (χ2n) is 11.1. The fourth-order valence-corrected chi connectivity index (χ4v) is 6.96. The molecule has 3 N–H and O–H groups in total. The molecular weight excluding hydrogens is 522 g/mol. The Hall–Kier alpha value is -2.79. The van der Waals surface area contributed by atoms with Crippen molar-refractivity contribution in [2.75, 3.05) is 18.0 Å². The number of nitrogens with two attached hydrogens (primary N) is 1. The fraction of sp³-hybridized carbons (Fsp3) is 0.444. The molecule has 1 spiro atoms. The number of allylic oxidation sites excluding steroid dienone is 1. The lowest BCUT2D eigenvalue weighted by molar-refractivity contribution is 0.0603. The Labute approximate surface area is 229 Å². The molecule has 1 saturated heterocycles. The molecule has 0 saturated carbocycles. The first-order valence-corrected chi connectivity index (χ1v) is 14.0. The van der Waals surface area contributed by atoms with Crippen LogP contribution < -0.4 is 16.2 Å².